The van der Waals surface area contributed by atoms with Gasteiger partial charge in [0.2, 0.25) is 0 Å². The molecule has 2 aromatic carbocycles. The Morgan fingerprint density at radius 1 is 1.12 bits per heavy atom. The first-order valence-electron chi connectivity index (χ1n) is 7.49. The van der Waals surface area contributed by atoms with Gasteiger partial charge in [0.05, 0.1) is 19.8 Å². The lowest BCUT2D eigenvalue weighted by Gasteiger charge is -2.13. The van der Waals surface area contributed by atoms with Crippen molar-refractivity contribution in [2.45, 2.75) is 20.1 Å². The molecule has 0 aromatic heterocycles. The number of anilines is 1. The Bertz CT molecular complexity index is 750. The molecule has 0 saturated carbocycles. The second-order valence-electron chi connectivity index (χ2n) is 5.24. The van der Waals surface area contributed by atoms with E-state index in [0.717, 1.165) is 16.8 Å². The minimum absolute atomic E-state index is 0.0140. The number of alkyl halides is 2. The number of methoxy groups -OCH3 is 2. The van der Waals surface area contributed by atoms with Crippen LogP contribution in [0.1, 0.15) is 21.5 Å². The van der Waals surface area contributed by atoms with Gasteiger partial charge in [0, 0.05) is 12.2 Å². The van der Waals surface area contributed by atoms with Gasteiger partial charge < -0.3 is 19.5 Å². The fraction of sp³-hybridized carbons (Fsp3) is 0.278. The average molecular weight is 351 g/mol. The number of halogens is 2. The predicted octanol–water partition coefficient (Wildman–Crippen LogP) is 4.00. The molecule has 0 atom stereocenters. The van der Waals surface area contributed by atoms with E-state index in [1.54, 1.807) is 30.3 Å². The van der Waals surface area contributed by atoms with Gasteiger partial charge >= 0.3 is 12.6 Å². The molecule has 0 fully saturated rings. The van der Waals surface area contributed by atoms with E-state index in [-0.39, 0.29) is 11.5 Å². The number of carbonyl (C=O) groups is 1. The number of aryl methyl sites for hydroxylation is 1. The van der Waals surface area contributed by atoms with E-state index in [4.69, 9.17) is 4.74 Å². The van der Waals surface area contributed by atoms with E-state index in [0.29, 0.717) is 12.1 Å². The van der Waals surface area contributed by atoms with Crippen molar-refractivity contribution < 1.29 is 27.8 Å². The second-order valence-corrected chi connectivity index (χ2v) is 5.24. The summed E-state index contributed by atoms with van der Waals surface area (Å²) >= 11 is 0. The number of ether oxygens (including phenoxy) is 3. The van der Waals surface area contributed by atoms with Gasteiger partial charge in [-0.05, 0) is 48.4 Å². The van der Waals surface area contributed by atoms with E-state index >= 15 is 0 Å². The largest absolute Gasteiger partial charge is 0.493 e. The molecule has 25 heavy (non-hydrogen) atoms. The number of benzene rings is 2. The van der Waals surface area contributed by atoms with E-state index < -0.39 is 12.6 Å². The smallest absolute Gasteiger partial charge is 0.387 e. The van der Waals surface area contributed by atoms with Crippen molar-refractivity contribution in [3.05, 3.63) is 53.1 Å². The number of hydrogen-bond acceptors (Lipinski definition) is 5. The third-order valence-electron chi connectivity index (χ3n) is 3.57. The molecule has 7 heteroatoms. The lowest BCUT2D eigenvalue weighted by molar-refractivity contribution is -0.0512. The Morgan fingerprint density at radius 2 is 1.88 bits per heavy atom. The summed E-state index contributed by atoms with van der Waals surface area (Å²) in [5.41, 5.74) is 3.03. The van der Waals surface area contributed by atoms with Crippen molar-refractivity contribution in [1.82, 2.24) is 0 Å². The zero-order valence-corrected chi connectivity index (χ0v) is 14.1. The monoisotopic (exact) mass is 351 g/mol. The standard InChI is InChI=1S/C18H19F2NO4/c1-11-8-13(17(22)24-3)5-6-14(11)21-10-12-4-7-15(25-18(19)20)16(9-12)23-2/h4-9,18,21H,10H2,1-3H3. The summed E-state index contributed by atoms with van der Waals surface area (Å²) in [6.45, 7) is -0.590. The van der Waals surface area contributed by atoms with Crippen LogP contribution in [-0.2, 0) is 11.3 Å². The molecule has 0 aliphatic heterocycles. The molecule has 0 heterocycles. The van der Waals surface area contributed by atoms with Gasteiger partial charge in [0.1, 0.15) is 0 Å². The van der Waals surface area contributed by atoms with Gasteiger partial charge in [-0.25, -0.2) is 4.79 Å². The number of rotatable bonds is 7. The molecule has 0 aliphatic carbocycles. The Balaban J connectivity index is 2.09. The van der Waals surface area contributed by atoms with Crippen LogP contribution in [0.25, 0.3) is 0 Å². The maximum Gasteiger partial charge on any atom is 0.387 e. The summed E-state index contributed by atoms with van der Waals surface area (Å²) in [6, 6.07) is 9.92. The van der Waals surface area contributed by atoms with Crippen molar-refractivity contribution in [1.29, 1.82) is 0 Å². The van der Waals surface area contributed by atoms with Crippen LogP contribution < -0.4 is 14.8 Å². The highest BCUT2D eigenvalue weighted by molar-refractivity contribution is 5.90. The van der Waals surface area contributed by atoms with Crippen LogP contribution in [0.15, 0.2) is 36.4 Å². The highest BCUT2D eigenvalue weighted by Gasteiger charge is 2.11. The molecule has 0 unspecified atom stereocenters. The molecule has 2 aromatic rings. The topological polar surface area (TPSA) is 56.8 Å². The first-order valence-corrected chi connectivity index (χ1v) is 7.49. The van der Waals surface area contributed by atoms with Crippen LogP contribution in [0.4, 0.5) is 14.5 Å². The van der Waals surface area contributed by atoms with Crippen LogP contribution in [0.3, 0.4) is 0 Å². The third-order valence-corrected chi connectivity index (χ3v) is 3.57. The van der Waals surface area contributed by atoms with Gasteiger partial charge in [-0.1, -0.05) is 6.07 Å². The Morgan fingerprint density at radius 3 is 2.48 bits per heavy atom. The maximum absolute atomic E-state index is 12.3. The minimum atomic E-state index is -2.91. The van der Waals surface area contributed by atoms with E-state index in [1.165, 1.54) is 20.3 Å². The molecule has 2 rings (SSSR count). The predicted molar refractivity (Wildman–Crippen MR) is 89.5 cm³/mol. The summed E-state index contributed by atoms with van der Waals surface area (Å²) in [4.78, 5) is 11.5. The van der Waals surface area contributed by atoms with Crippen molar-refractivity contribution >= 4 is 11.7 Å². The lowest BCUT2D eigenvalue weighted by Crippen LogP contribution is -2.06. The van der Waals surface area contributed by atoms with Crippen LogP contribution in [-0.4, -0.2) is 26.8 Å². The zero-order valence-electron chi connectivity index (χ0n) is 14.1. The number of hydrogen-bond donors (Lipinski definition) is 1. The van der Waals surface area contributed by atoms with Crippen molar-refractivity contribution in [2.75, 3.05) is 19.5 Å². The highest BCUT2D eigenvalue weighted by atomic mass is 19.3. The highest BCUT2D eigenvalue weighted by Crippen LogP contribution is 2.30. The summed E-state index contributed by atoms with van der Waals surface area (Å²) in [6.07, 6.45) is 0. The van der Waals surface area contributed by atoms with Gasteiger partial charge in [-0.2, -0.15) is 8.78 Å². The van der Waals surface area contributed by atoms with E-state index in [2.05, 4.69) is 14.8 Å². The second kappa shape index (κ2) is 8.32. The SMILES string of the molecule is COC(=O)c1ccc(NCc2ccc(OC(F)F)c(OC)c2)c(C)c1. The lowest BCUT2D eigenvalue weighted by atomic mass is 10.1. The van der Waals surface area contributed by atoms with Gasteiger partial charge in [0.25, 0.3) is 0 Å². The van der Waals surface area contributed by atoms with Gasteiger partial charge in [-0.15, -0.1) is 0 Å². The van der Waals surface area contributed by atoms with Crippen molar-refractivity contribution in [3.8, 4) is 11.5 Å². The first-order chi connectivity index (χ1) is 11.9. The number of esters is 1. The molecular formula is C18H19F2NO4. The average Bonchev–Trinajstić information content (AvgIpc) is 2.60. The molecule has 0 radical (unpaired) electrons. The quantitative estimate of drug-likeness (QED) is 0.764. The van der Waals surface area contributed by atoms with Gasteiger partial charge in [0.15, 0.2) is 11.5 Å². The van der Waals surface area contributed by atoms with E-state index in [1.807, 2.05) is 6.92 Å². The minimum Gasteiger partial charge on any atom is -0.493 e. The zero-order chi connectivity index (χ0) is 18.4. The number of nitrogens with one attached hydrogen (secondary N) is 1. The van der Waals surface area contributed by atoms with Crippen LogP contribution in [0.5, 0.6) is 11.5 Å². The summed E-state index contributed by atoms with van der Waals surface area (Å²) in [5.74, 6) is -0.175. The molecule has 0 spiro atoms. The van der Waals surface area contributed by atoms with Crippen LogP contribution in [0.2, 0.25) is 0 Å². The molecule has 0 amide bonds. The van der Waals surface area contributed by atoms with Gasteiger partial charge in [-0.3, -0.25) is 0 Å². The van der Waals surface area contributed by atoms with Crippen molar-refractivity contribution in [2.24, 2.45) is 0 Å². The molecule has 5 nitrogen and oxygen atoms in total. The Hall–Kier alpha value is -2.83. The summed E-state index contributed by atoms with van der Waals surface area (Å²) in [7, 11) is 2.72. The fourth-order valence-electron chi connectivity index (χ4n) is 2.32. The molecule has 1 N–H and O–H groups in total. The molecule has 134 valence electrons. The van der Waals surface area contributed by atoms with Crippen LogP contribution >= 0.6 is 0 Å². The molecule has 0 saturated heterocycles. The first kappa shape index (κ1) is 18.5. The summed E-state index contributed by atoms with van der Waals surface area (Å²) in [5, 5.41) is 3.23. The Labute approximate surface area is 144 Å². The molecule has 0 aliphatic rings. The number of carbonyl (C=O) groups excluding carboxylic acids is 1. The third kappa shape index (κ3) is 4.82. The Kier molecular flexibility index (Phi) is 6.16. The maximum atomic E-state index is 12.3. The molecular weight excluding hydrogens is 332 g/mol. The van der Waals surface area contributed by atoms with Crippen LogP contribution in [0, 0.1) is 6.92 Å². The molecule has 0 bridgehead atoms. The van der Waals surface area contributed by atoms with Crippen molar-refractivity contribution in [3.63, 3.8) is 0 Å². The van der Waals surface area contributed by atoms with E-state index in [9.17, 15) is 13.6 Å². The normalized spacial score (nSPS) is 10.5. The fourth-order valence-corrected chi connectivity index (χ4v) is 2.32. The summed E-state index contributed by atoms with van der Waals surface area (Å²) < 4.78 is 38.8.